The van der Waals surface area contributed by atoms with E-state index in [9.17, 15) is 19.6 Å². The Morgan fingerprint density at radius 2 is 1.96 bits per heavy atom. The number of hydrogen-bond donors (Lipinski definition) is 2. The van der Waals surface area contributed by atoms with E-state index < -0.39 is 11.3 Å². The van der Waals surface area contributed by atoms with Gasteiger partial charge in [-0.25, -0.2) is 0 Å². The number of anilines is 1. The number of allylic oxidation sites excluding steroid dienone is 1. The first-order chi connectivity index (χ1) is 13.4. The number of carbonyl (C=O) groups excluding carboxylic acids is 3. The average molecular weight is 380 g/mol. The van der Waals surface area contributed by atoms with Gasteiger partial charge in [-0.1, -0.05) is 18.2 Å². The number of nitrogens with zero attached hydrogens (tertiary/aromatic N) is 2. The van der Waals surface area contributed by atoms with E-state index in [4.69, 9.17) is 10.5 Å². The summed E-state index contributed by atoms with van der Waals surface area (Å²) in [6.07, 6.45) is 2.25. The molecule has 1 spiro atoms. The first kappa shape index (κ1) is 19.2. The van der Waals surface area contributed by atoms with Crippen LogP contribution in [0.1, 0.15) is 24.8 Å². The molecule has 0 saturated carbocycles. The molecule has 3 N–H and O–H groups in total. The molecule has 1 aliphatic carbocycles. The molecule has 2 amide bonds. The van der Waals surface area contributed by atoms with Crippen molar-refractivity contribution in [1.82, 2.24) is 4.90 Å². The summed E-state index contributed by atoms with van der Waals surface area (Å²) in [5, 5.41) is 12.4. The quantitative estimate of drug-likeness (QED) is 0.708. The van der Waals surface area contributed by atoms with Crippen LogP contribution < -0.4 is 11.1 Å². The summed E-state index contributed by atoms with van der Waals surface area (Å²) in [5.74, 6) is -0.292. The number of rotatable bonds is 1. The molecule has 1 atom stereocenters. The summed E-state index contributed by atoms with van der Waals surface area (Å²) in [6, 6.07) is 9.04. The molecule has 0 fully saturated rings. The standard InChI is InChI=1S/C17H13N3O3.C3H7NO/c18-8-10-15(19)23-13-7-3-6-12(21)14(13)17(10)9-4-1-2-5-11(9)20-16(17)22;1-4(2)3-5/h1-2,4-5H,3,6-7,19H2,(H,20,22);3H,1-2H3/t17-;/m1./s1. The van der Waals surface area contributed by atoms with Crippen LogP contribution in [0.2, 0.25) is 0 Å². The molecule has 144 valence electrons. The summed E-state index contributed by atoms with van der Waals surface area (Å²) in [7, 11) is 3.38. The number of ether oxygens (including phenoxy) is 1. The van der Waals surface area contributed by atoms with Gasteiger partial charge in [0.1, 0.15) is 22.8 Å². The van der Waals surface area contributed by atoms with Gasteiger partial charge in [-0.2, -0.15) is 5.26 Å². The normalized spacial score (nSPS) is 22.3. The maximum atomic E-state index is 12.9. The highest BCUT2D eigenvalue weighted by Gasteiger charge is 2.59. The third-order valence-corrected chi connectivity index (χ3v) is 4.84. The highest BCUT2D eigenvalue weighted by atomic mass is 16.5. The molecule has 2 heterocycles. The zero-order chi connectivity index (χ0) is 20.5. The minimum atomic E-state index is -1.49. The molecule has 8 heteroatoms. The molecule has 8 nitrogen and oxygen atoms in total. The molecule has 0 bridgehead atoms. The second-order valence-electron chi connectivity index (χ2n) is 6.85. The number of amides is 2. The lowest BCUT2D eigenvalue weighted by Crippen LogP contribution is -2.46. The molecule has 0 aromatic heterocycles. The summed E-state index contributed by atoms with van der Waals surface area (Å²) >= 11 is 0. The van der Waals surface area contributed by atoms with Crippen LogP contribution in [0.4, 0.5) is 5.69 Å². The molecule has 1 aromatic rings. The largest absolute Gasteiger partial charge is 0.444 e. The van der Waals surface area contributed by atoms with Gasteiger partial charge < -0.3 is 20.7 Å². The fourth-order valence-corrected chi connectivity index (χ4v) is 3.72. The van der Waals surface area contributed by atoms with Crippen molar-refractivity contribution in [3.63, 3.8) is 0 Å². The summed E-state index contributed by atoms with van der Waals surface area (Å²) in [5.41, 5.74) is 5.85. The van der Waals surface area contributed by atoms with Crippen molar-refractivity contribution in [3.8, 4) is 6.07 Å². The smallest absolute Gasteiger partial charge is 0.245 e. The molecule has 28 heavy (non-hydrogen) atoms. The predicted molar refractivity (Wildman–Crippen MR) is 100 cm³/mol. The highest BCUT2D eigenvalue weighted by Crippen LogP contribution is 2.53. The van der Waals surface area contributed by atoms with Crippen LogP contribution in [0.3, 0.4) is 0 Å². The zero-order valence-electron chi connectivity index (χ0n) is 15.6. The van der Waals surface area contributed by atoms with Crippen LogP contribution in [0, 0.1) is 11.3 Å². The number of para-hydroxylation sites is 1. The lowest BCUT2D eigenvalue weighted by Gasteiger charge is -2.36. The number of benzene rings is 1. The van der Waals surface area contributed by atoms with Gasteiger partial charge in [0.2, 0.25) is 18.2 Å². The first-order valence-corrected chi connectivity index (χ1v) is 8.75. The monoisotopic (exact) mass is 380 g/mol. The number of carbonyl (C=O) groups is 3. The number of fused-ring (bicyclic) bond motifs is 3. The van der Waals surface area contributed by atoms with Crippen molar-refractivity contribution in [2.45, 2.75) is 24.7 Å². The minimum Gasteiger partial charge on any atom is -0.444 e. The summed E-state index contributed by atoms with van der Waals surface area (Å²) < 4.78 is 5.53. The van der Waals surface area contributed by atoms with E-state index >= 15 is 0 Å². The van der Waals surface area contributed by atoms with E-state index in [1.807, 2.05) is 6.07 Å². The number of hydrogen-bond acceptors (Lipinski definition) is 6. The van der Waals surface area contributed by atoms with E-state index in [0.29, 0.717) is 36.3 Å². The van der Waals surface area contributed by atoms with Gasteiger partial charge in [-0.3, -0.25) is 14.4 Å². The third-order valence-electron chi connectivity index (χ3n) is 4.84. The van der Waals surface area contributed by atoms with Gasteiger partial charge in [0.05, 0.1) is 5.57 Å². The Morgan fingerprint density at radius 1 is 1.29 bits per heavy atom. The van der Waals surface area contributed by atoms with Crippen LogP contribution in [0.5, 0.6) is 0 Å². The maximum absolute atomic E-state index is 12.9. The Labute approximate surface area is 162 Å². The minimum absolute atomic E-state index is 0.0195. The fourth-order valence-electron chi connectivity index (χ4n) is 3.72. The Hall–Kier alpha value is -3.60. The maximum Gasteiger partial charge on any atom is 0.245 e. The van der Waals surface area contributed by atoms with Crippen LogP contribution in [-0.2, 0) is 24.5 Å². The second kappa shape index (κ2) is 7.19. The number of Topliss-reactive ketones (excluding diaryl/α,β-unsaturated/α-hetero) is 1. The predicted octanol–water partition coefficient (Wildman–Crippen LogP) is 1.31. The Balaban J connectivity index is 0.000000403. The summed E-state index contributed by atoms with van der Waals surface area (Å²) in [4.78, 5) is 36.4. The van der Waals surface area contributed by atoms with Crippen molar-refractivity contribution in [3.05, 3.63) is 52.6 Å². The lowest BCUT2D eigenvalue weighted by atomic mass is 9.65. The van der Waals surface area contributed by atoms with Crippen LogP contribution in [0.15, 0.2) is 47.1 Å². The van der Waals surface area contributed by atoms with Gasteiger partial charge in [0.15, 0.2) is 5.78 Å². The zero-order valence-corrected chi connectivity index (χ0v) is 15.6. The molecule has 0 radical (unpaired) electrons. The van der Waals surface area contributed by atoms with Gasteiger partial charge in [-0.05, 0) is 12.5 Å². The molecule has 0 saturated heterocycles. The summed E-state index contributed by atoms with van der Waals surface area (Å²) in [6.45, 7) is 0. The Morgan fingerprint density at radius 3 is 2.61 bits per heavy atom. The van der Waals surface area contributed by atoms with Crippen LogP contribution >= 0.6 is 0 Å². The molecule has 0 unspecified atom stereocenters. The molecular weight excluding hydrogens is 360 g/mol. The third kappa shape index (κ3) is 2.72. The van der Waals surface area contributed by atoms with Crippen molar-refractivity contribution < 1.29 is 19.1 Å². The lowest BCUT2D eigenvalue weighted by molar-refractivity contribution is -0.123. The van der Waals surface area contributed by atoms with Gasteiger partial charge in [0, 0.05) is 38.2 Å². The van der Waals surface area contributed by atoms with E-state index in [-0.39, 0.29) is 22.8 Å². The van der Waals surface area contributed by atoms with Gasteiger partial charge >= 0.3 is 0 Å². The van der Waals surface area contributed by atoms with Crippen LogP contribution in [0.25, 0.3) is 0 Å². The molecule has 4 rings (SSSR count). The number of ketones is 1. The SMILES string of the molecule is CN(C)C=O.N#CC1=C(N)OC2=C(C(=O)CCC2)[C@]12C(=O)Nc1ccccc12. The molecule has 2 aliphatic heterocycles. The van der Waals surface area contributed by atoms with E-state index in [2.05, 4.69) is 5.32 Å². The van der Waals surface area contributed by atoms with Crippen molar-refractivity contribution in [1.29, 1.82) is 5.26 Å². The first-order valence-electron chi connectivity index (χ1n) is 8.75. The number of nitriles is 1. The molecular formula is C20H20N4O4. The number of nitrogens with two attached hydrogens (primary N) is 1. The number of nitrogens with one attached hydrogen (secondary N) is 1. The van der Waals surface area contributed by atoms with E-state index in [1.54, 1.807) is 38.4 Å². The Kier molecular flexibility index (Phi) is 4.92. The van der Waals surface area contributed by atoms with E-state index in [0.717, 1.165) is 6.41 Å². The van der Waals surface area contributed by atoms with Crippen molar-refractivity contribution >= 4 is 23.8 Å². The fraction of sp³-hybridized carbons (Fsp3) is 0.300. The molecule has 1 aromatic carbocycles. The molecule has 3 aliphatic rings. The van der Waals surface area contributed by atoms with Crippen molar-refractivity contribution in [2.75, 3.05) is 19.4 Å². The van der Waals surface area contributed by atoms with Gasteiger partial charge in [-0.15, -0.1) is 0 Å². The highest BCUT2D eigenvalue weighted by molar-refractivity contribution is 6.19. The second-order valence-corrected chi connectivity index (χ2v) is 6.85. The van der Waals surface area contributed by atoms with Crippen LogP contribution in [-0.4, -0.2) is 37.1 Å². The Bertz CT molecular complexity index is 971. The topological polar surface area (TPSA) is 126 Å². The van der Waals surface area contributed by atoms with E-state index in [1.165, 1.54) is 4.90 Å². The van der Waals surface area contributed by atoms with Crippen molar-refractivity contribution in [2.24, 2.45) is 5.73 Å². The van der Waals surface area contributed by atoms with Gasteiger partial charge in [0.25, 0.3) is 0 Å². The average Bonchev–Trinajstić information content (AvgIpc) is 2.95.